The topological polar surface area (TPSA) is 37.3 Å². The van der Waals surface area contributed by atoms with Gasteiger partial charge >= 0.3 is 0 Å². The average Bonchev–Trinajstić information content (AvgIpc) is 2.47. The fourth-order valence-electron chi connectivity index (χ4n) is 1.97. The van der Waals surface area contributed by atoms with Crippen LogP contribution in [-0.2, 0) is 15.2 Å². The van der Waals surface area contributed by atoms with Gasteiger partial charge in [0, 0.05) is 21.3 Å². The molecule has 5 heteroatoms. The lowest BCUT2D eigenvalue weighted by Crippen LogP contribution is -2.21. The van der Waals surface area contributed by atoms with Crippen LogP contribution in [0.15, 0.2) is 48.5 Å². The molecular weight excluding hydrogens is 391 g/mol. The van der Waals surface area contributed by atoms with E-state index in [1.807, 2.05) is 24.3 Å². The van der Waals surface area contributed by atoms with E-state index in [1.165, 1.54) is 0 Å². The first-order chi connectivity index (χ1) is 9.11. The van der Waals surface area contributed by atoms with E-state index in [4.69, 9.17) is 0 Å². The largest absolute Gasteiger partial charge is 0.338 e. The van der Waals surface area contributed by atoms with Crippen LogP contribution in [0.3, 0.4) is 0 Å². The Morgan fingerprint density at radius 1 is 0.842 bits per heavy atom. The maximum Gasteiger partial charge on any atom is 0.259 e. The third-order valence-corrected chi connectivity index (χ3v) is 6.31. The van der Waals surface area contributed by atoms with E-state index in [1.54, 1.807) is 24.3 Å². The molecule has 2 aromatic carbocycles. The fraction of sp³-hybridized carbons (Fsp3) is 0.143. The van der Waals surface area contributed by atoms with Crippen molar-refractivity contribution in [2.24, 2.45) is 0 Å². The Morgan fingerprint density at radius 2 is 1.21 bits per heavy atom. The molecular formula is C14H13Br2O2P. The summed E-state index contributed by atoms with van der Waals surface area (Å²) in [5.74, 6) is 0. The van der Waals surface area contributed by atoms with Crippen molar-refractivity contribution in [1.82, 2.24) is 0 Å². The van der Waals surface area contributed by atoms with E-state index in [0.717, 1.165) is 11.1 Å². The highest BCUT2D eigenvalue weighted by Gasteiger charge is 2.28. The second kappa shape index (κ2) is 6.36. The van der Waals surface area contributed by atoms with Crippen LogP contribution in [0.1, 0.15) is 11.1 Å². The predicted octanol–water partition coefficient (Wildman–Crippen LogP) is 3.70. The van der Waals surface area contributed by atoms with Crippen molar-refractivity contribution in [3.05, 3.63) is 59.7 Å². The first-order valence-corrected chi connectivity index (χ1v) is 9.63. The smallest absolute Gasteiger partial charge is 0.259 e. The van der Waals surface area contributed by atoms with E-state index in [-0.39, 0.29) is 0 Å². The summed E-state index contributed by atoms with van der Waals surface area (Å²) in [6, 6.07) is 14.5. The lowest BCUT2D eigenvalue weighted by molar-refractivity contribution is 0.500. The van der Waals surface area contributed by atoms with Crippen molar-refractivity contribution in [3.63, 3.8) is 0 Å². The van der Waals surface area contributed by atoms with Crippen LogP contribution in [0.2, 0.25) is 0 Å². The minimum atomic E-state index is -3.57. The molecule has 2 aromatic rings. The normalized spacial score (nSPS) is 11.5. The van der Waals surface area contributed by atoms with Crippen LogP contribution in [0, 0.1) is 0 Å². The van der Waals surface area contributed by atoms with Crippen molar-refractivity contribution in [2.75, 3.05) is 0 Å². The zero-order chi connectivity index (χ0) is 13.9. The van der Waals surface area contributed by atoms with Crippen LogP contribution in [-0.4, -0.2) is 4.89 Å². The average molecular weight is 404 g/mol. The highest BCUT2D eigenvalue weighted by molar-refractivity contribution is 9.08. The van der Waals surface area contributed by atoms with E-state index < -0.39 is 7.37 Å². The summed E-state index contributed by atoms with van der Waals surface area (Å²) in [5.41, 5.74) is 1.69. The van der Waals surface area contributed by atoms with Gasteiger partial charge in [0.25, 0.3) is 7.37 Å². The van der Waals surface area contributed by atoms with Crippen molar-refractivity contribution < 1.29 is 9.46 Å². The molecule has 100 valence electrons. The lowest BCUT2D eigenvalue weighted by Gasteiger charge is -2.17. The van der Waals surface area contributed by atoms with Crippen molar-refractivity contribution >= 4 is 49.8 Å². The maximum absolute atomic E-state index is 12.9. The van der Waals surface area contributed by atoms with Crippen molar-refractivity contribution in [2.45, 2.75) is 10.7 Å². The molecule has 0 aliphatic heterocycles. The van der Waals surface area contributed by atoms with Gasteiger partial charge in [-0.05, 0) is 23.3 Å². The minimum absolute atomic E-state index is 0.500. The highest BCUT2D eigenvalue weighted by atomic mass is 79.9. The summed E-state index contributed by atoms with van der Waals surface area (Å²) < 4.78 is 12.9. The van der Waals surface area contributed by atoms with Gasteiger partial charge in [-0.2, -0.15) is 0 Å². The summed E-state index contributed by atoms with van der Waals surface area (Å²) in [6.07, 6.45) is 0. The SMILES string of the molecule is O=P(O)(c1ccccc1CBr)c1ccccc1CBr. The second-order valence-electron chi connectivity index (χ2n) is 4.10. The molecule has 0 heterocycles. The zero-order valence-corrected chi connectivity index (χ0v) is 14.2. The maximum atomic E-state index is 12.9. The van der Waals surface area contributed by atoms with Gasteiger partial charge in [-0.15, -0.1) is 0 Å². The number of halogens is 2. The predicted molar refractivity (Wildman–Crippen MR) is 87.2 cm³/mol. The van der Waals surface area contributed by atoms with Gasteiger partial charge in [0.15, 0.2) is 0 Å². The van der Waals surface area contributed by atoms with Crippen LogP contribution < -0.4 is 10.6 Å². The van der Waals surface area contributed by atoms with E-state index in [2.05, 4.69) is 31.9 Å². The van der Waals surface area contributed by atoms with Crippen LogP contribution >= 0.6 is 39.2 Å². The molecule has 19 heavy (non-hydrogen) atoms. The van der Waals surface area contributed by atoms with Crippen LogP contribution in [0.4, 0.5) is 0 Å². The molecule has 1 N–H and O–H groups in total. The Balaban J connectivity index is 2.62. The van der Waals surface area contributed by atoms with Gasteiger partial charge in [-0.1, -0.05) is 68.3 Å². The van der Waals surface area contributed by atoms with Gasteiger partial charge < -0.3 is 4.89 Å². The molecule has 0 amide bonds. The van der Waals surface area contributed by atoms with Gasteiger partial charge in [0.05, 0.1) is 0 Å². The molecule has 2 rings (SSSR count). The molecule has 0 spiro atoms. The summed E-state index contributed by atoms with van der Waals surface area (Å²) in [7, 11) is -3.57. The minimum Gasteiger partial charge on any atom is -0.338 e. The molecule has 0 aliphatic carbocycles. The summed E-state index contributed by atoms with van der Waals surface area (Å²) in [5, 5.41) is 2.12. The standard InChI is InChI=1S/C14H13Br2O2P/c15-9-11-5-1-3-7-13(11)19(17,18)14-8-4-2-6-12(14)10-16/h1-8H,9-10H2,(H,17,18). The van der Waals surface area contributed by atoms with Crippen LogP contribution in [0.5, 0.6) is 0 Å². The van der Waals surface area contributed by atoms with E-state index >= 15 is 0 Å². The number of hydrogen-bond acceptors (Lipinski definition) is 1. The number of alkyl halides is 2. The summed E-state index contributed by atoms with van der Waals surface area (Å²) >= 11 is 6.73. The molecule has 0 saturated heterocycles. The van der Waals surface area contributed by atoms with Gasteiger partial charge in [0.2, 0.25) is 0 Å². The zero-order valence-electron chi connectivity index (χ0n) is 10.1. The molecule has 0 saturated carbocycles. The Bertz CT molecular complexity index is 577. The van der Waals surface area contributed by atoms with Gasteiger partial charge in [-0.3, -0.25) is 4.57 Å². The first kappa shape index (κ1) is 15.0. The quantitative estimate of drug-likeness (QED) is 0.624. The Morgan fingerprint density at radius 3 is 1.58 bits per heavy atom. The molecule has 0 bridgehead atoms. The van der Waals surface area contributed by atoms with Crippen molar-refractivity contribution in [3.8, 4) is 0 Å². The molecule has 2 nitrogen and oxygen atoms in total. The second-order valence-corrected chi connectivity index (χ2v) is 7.34. The number of hydrogen-bond donors (Lipinski definition) is 1. The third kappa shape index (κ3) is 3.03. The van der Waals surface area contributed by atoms with Crippen LogP contribution in [0.25, 0.3) is 0 Å². The van der Waals surface area contributed by atoms with Crippen molar-refractivity contribution in [1.29, 1.82) is 0 Å². The molecule has 0 aromatic heterocycles. The monoisotopic (exact) mass is 402 g/mol. The van der Waals surface area contributed by atoms with E-state index in [9.17, 15) is 9.46 Å². The van der Waals surface area contributed by atoms with Gasteiger partial charge in [0.1, 0.15) is 0 Å². The summed E-state index contributed by atoms with van der Waals surface area (Å²) in [6.45, 7) is 0. The Hall–Kier alpha value is -0.410. The Labute approximate surface area is 129 Å². The molecule has 0 radical (unpaired) electrons. The third-order valence-electron chi connectivity index (χ3n) is 2.92. The highest BCUT2D eigenvalue weighted by Crippen LogP contribution is 2.41. The first-order valence-electron chi connectivity index (χ1n) is 5.73. The molecule has 0 atom stereocenters. The van der Waals surface area contributed by atoms with E-state index in [0.29, 0.717) is 21.3 Å². The van der Waals surface area contributed by atoms with Gasteiger partial charge in [-0.25, -0.2) is 0 Å². The Kier molecular flexibility index (Phi) is 5.02. The molecule has 0 fully saturated rings. The molecule has 0 unspecified atom stereocenters. The number of benzene rings is 2. The summed E-state index contributed by atoms with van der Waals surface area (Å²) in [4.78, 5) is 10.6. The number of rotatable bonds is 4. The fourth-order valence-corrected chi connectivity index (χ4v) is 5.30. The lowest BCUT2D eigenvalue weighted by atomic mass is 10.2. The molecule has 0 aliphatic rings.